The van der Waals surface area contributed by atoms with Gasteiger partial charge in [0.05, 0.1) is 34.9 Å². The Kier molecular flexibility index (Phi) is 9.48. The molecule has 0 saturated heterocycles. The minimum atomic E-state index is -3.80. The van der Waals surface area contributed by atoms with E-state index in [2.05, 4.69) is 4.98 Å². The molecular formula is C27H28ClN3O5S2. The van der Waals surface area contributed by atoms with Crippen LogP contribution >= 0.6 is 22.9 Å². The second-order valence-electron chi connectivity index (χ2n) is 8.40. The van der Waals surface area contributed by atoms with Gasteiger partial charge in [0.15, 0.2) is 5.13 Å². The molecule has 0 aliphatic carbocycles. The van der Waals surface area contributed by atoms with Crippen LogP contribution in [0.1, 0.15) is 15.9 Å². The van der Waals surface area contributed by atoms with Crippen molar-refractivity contribution in [1.82, 2.24) is 9.29 Å². The Hall–Kier alpha value is -2.86. The molecule has 38 heavy (non-hydrogen) atoms. The van der Waals surface area contributed by atoms with Crippen molar-refractivity contribution in [3.63, 3.8) is 0 Å². The molecular weight excluding hydrogens is 546 g/mol. The summed E-state index contributed by atoms with van der Waals surface area (Å²) in [7, 11) is -0.772. The van der Waals surface area contributed by atoms with Gasteiger partial charge in [-0.05, 0) is 48.0 Å². The maximum Gasteiger partial charge on any atom is 0.260 e. The number of anilines is 1. The molecule has 4 rings (SSSR count). The van der Waals surface area contributed by atoms with Gasteiger partial charge in [0, 0.05) is 37.9 Å². The van der Waals surface area contributed by atoms with Crippen LogP contribution in [0.5, 0.6) is 0 Å². The molecule has 3 aromatic carbocycles. The smallest absolute Gasteiger partial charge is 0.260 e. The fourth-order valence-electron chi connectivity index (χ4n) is 3.81. The lowest BCUT2D eigenvalue weighted by Gasteiger charge is -2.22. The summed E-state index contributed by atoms with van der Waals surface area (Å²) in [6.45, 7) is 1.18. The lowest BCUT2D eigenvalue weighted by molar-refractivity contribution is 0.0985. The second kappa shape index (κ2) is 12.8. The Labute approximate surface area is 231 Å². The minimum Gasteiger partial charge on any atom is -0.383 e. The van der Waals surface area contributed by atoms with Crippen molar-refractivity contribution >= 4 is 54.2 Å². The number of thiazole rings is 1. The summed E-state index contributed by atoms with van der Waals surface area (Å²) in [5.41, 5.74) is 2.02. The van der Waals surface area contributed by atoms with E-state index in [-0.39, 0.29) is 37.1 Å². The molecule has 0 unspecified atom stereocenters. The Morgan fingerprint density at radius 3 is 2.24 bits per heavy atom. The number of ether oxygens (including phenoxy) is 2. The molecule has 0 aliphatic heterocycles. The van der Waals surface area contributed by atoms with E-state index in [1.165, 1.54) is 54.1 Å². The molecule has 0 N–H and O–H groups in total. The van der Waals surface area contributed by atoms with Crippen LogP contribution in [-0.4, -0.2) is 64.1 Å². The SMILES string of the molecule is COCCN(CCOC)S(=O)(=O)c1ccc(C(=O)N(Cc2ccccc2)c2nc3ccc(Cl)cc3s2)cc1. The summed E-state index contributed by atoms with van der Waals surface area (Å²) in [6.07, 6.45) is 0. The molecule has 0 fully saturated rings. The van der Waals surface area contributed by atoms with Crippen LogP contribution in [0.15, 0.2) is 77.7 Å². The van der Waals surface area contributed by atoms with Gasteiger partial charge in [-0.15, -0.1) is 0 Å². The first-order chi connectivity index (χ1) is 18.3. The van der Waals surface area contributed by atoms with Gasteiger partial charge >= 0.3 is 0 Å². The number of benzene rings is 3. The number of nitrogens with zero attached hydrogens (tertiary/aromatic N) is 3. The highest BCUT2D eigenvalue weighted by Crippen LogP contribution is 2.32. The predicted octanol–water partition coefficient (Wildman–Crippen LogP) is 5.08. The van der Waals surface area contributed by atoms with Crippen LogP contribution in [0.3, 0.4) is 0 Å². The molecule has 0 radical (unpaired) electrons. The summed E-state index contributed by atoms with van der Waals surface area (Å²) in [5.74, 6) is -0.293. The van der Waals surface area contributed by atoms with Crippen molar-refractivity contribution in [3.05, 3.63) is 88.9 Å². The lowest BCUT2D eigenvalue weighted by Crippen LogP contribution is -2.36. The van der Waals surface area contributed by atoms with Crippen LogP contribution in [0.2, 0.25) is 5.02 Å². The number of rotatable bonds is 12. The fraction of sp³-hybridized carbons (Fsp3) is 0.259. The van der Waals surface area contributed by atoms with E-state index in [0.717, 1.165) is 15.8 Å². The first-order valence-corrected chi connectivity index (χ1v) is 14.5. The molecule has 4 aromatic rings. The van der Waals surface area contributed by atoms with E-state index in [4.69, 9.17) is 21.1 Å². The number of hydrogen-bond acceptors (Lipinski definition) is 7. The number of halogens is 1. The van der Waals surface area contributed by atoms with Gasteiger partial charge in [-0.2, -0.15) is 4.31 Å². The average molecular weight is 574 g/mol. The van der Waals surface area contributed by atoms with Crippen molar-refractivity contribution in [2.75, 3.05) is 45.4 Å². The number of carbonyl (C=O) groups is 1. The van der Waals surface area contributed by atoms with Gasteiger partial charge in [0.1, 0.15) is 0 Å². The van der Waals surface area contributed by atoms with E-state index in [0.29, 0.717) is 22.3 Å². The first-order valence-electron chi connectivity index (χ1n) is 11.8. The molecule has 11 heteroatoms. The van der Waals surface area contributed by atoms with E-state index in [9.17, 15) is 13.2 Å². The van der Waals surface area contributed by atoms with Crippen molar-refractivity contribution in [2.24, 2.45) is 0 Å². The molecule has 0 aliphatic rings. The zero-order valence-corrected chi connectivity index (χ0v) is 23.4. The summed E-state index contributed by atoms with van der Waals surface area (Å²) < 4.78 is 38.8. The van der Waals surface area contributed by atoms with Crippen molar-refractivity contribution < 1.29 is 22.7 Å². The van der Waals surface area contributed by atoms with Gasteiger partial charge in [0.2, 0.25) is 10.0 Å². The Morgan fingerprint density at radius 1 is 0.947 bits per heavy atom. The topological polar surface area (TPSA) is 89.0 Å². The van der Waals surface area contributed by atoms with Gasteiger partial charge in [-0.1, -0.05) is 53.3 Å². The summed E-state index contributed by atoms with van der Waals surface area (Å²) >= 11 is 7.53. The molecule has 1 amide bonds. The summed E-state index contributed by atoms with van der Waals surface area (Å²) in [4.78, 5) is 20.1. The zero-order chi connectivity index (χ0) is 27.1. The van der Waals surface area contributed by atoms with Gasteiger partial charge in [0.25, 0.3) is 5.91 Å². The van der Waals surface area contributed by atoms with Crippen LogP contribution in [0.4, 0.5) is 5.13 Å². The summed E-state index contributed by atoms with van der Waals surface area (Å²) in [5, 5.41) is 1.12. The maximum atomic E-state index is 13.7. The largest absolute Gasteiger partial charge is 0.383 e. The Balaban J connectivity index is 1.64. The second-order valence-corrected chi connectivity index (χ2v) is 11.8. The van der Waals surface area contributed by atoms with Crippen molar-refractivity contribution in [2.45, 2.75) is 11.4 Å². The van der Waals surface area contributed by atoms with Crippen LogP contribution < -0.4 is 4.90 Å². The van der Waals surface area contributed by atoms with Gasteiger partial charge < -0.3 is 9.47 Å². The number of sulfonamides is 1. The third-order valence-corrected chi connectivity index (χ3v) is 9.02. The molecule has 0 spiro atoms. The van der Waals surface area contributed by atoms with E-state index in [1.807, 2.05) is 42.5 Å². The van der Waals surface area contributed by atoms with Crippen molar-refractivity contribution in [3.8, 4) is 0 Å². The van der Waals surface area contributed by atoms with E-state index >= 15 is 0 Å². The molecule has 0 saturated carbocycles. The Bertz CT molecular complexity index is 1470. The third kappa shape index (κ3) is 6.58. The third-order valence-electron chi connectivity index (χ3n) is 5.83. The molecule has 0 atom stereocenters. The number of aromatic nitrogens is 1. The highest BCUT2D eigenvalue weighted by atomic mass is 35.5. The zero-order valence-electron chi connectivity index (χ0n) is 21.0. The van der Waals surface area contributed by atoms with Crippen LogP contribution in [0, 0.1) is 0 Å². The van der Waals surface area contributed by atoms with Gasteiger partial charge in [-0.25, -0.2) is 13.4 Å². The number of amides is 1. The number of methoxy groups -OCH3 is 2. The highest BCUT2D eigenvalue weighted by Gasteiger charge is 2.26. The molecule has 8 nitrogen and oxygen atoms in total. The lowest BCUT2D eigenvalue weighted by atomic mass is 10.1. The van der Waals surface area contributed by atoms with E-state index < -0.39 is 10.0 Å². The minimum absolute atomic E-state index is 0.0884. The normalized spacial score (nSPS) is 11.8. The Morgan fingerprint density at radius 2 is 1.61 bits per heavy atom. The predicted molar refractivity (Wildman–Crippen MR) is 151 cm³/mol. The van der Waals surface area contributed by atoms with Gasteiger partial charge in [-0.3, -0.25) is 9.69 Å². The monoisotopic (exact) mass is 573 g/mol. The molecule has 1 aromatic heterocycles. The average Bonchev–Trinajstić information content (AvgIpc) is 3.35. The van der Waals surface area contributed by atoms with E-state index in [1.54, 1.807) is 11.0 Å². The van der Waals surface area contributed by atoms with Crippen LogP contribution in [-0.2, 0) is 26.0 Å². The fourth-order valence-corrected chi connectivity index (χ4v) is 6.45. The van der Waals surface area contributed by atoms with Crippen LogP contribution in [0.25, 0.3) is 10.2 Å². The number of carbonyl (C=O) groups excluding carboxylic acids is 1. The molecule has 1 heterocycles. The van der Waals surface area contributed by atoms with Crippen molar-refractivity contribution in [1.29, 1.82) is 0 Å². The summed E-state index contributed by atoms with van der Waals surface area (Å²) in [6, 6.07) is 21.0. The first kappa shape index (κ1) is 28.2. The number of hydrogen-bond donors (Lipinski definition) is 0. The quantitative estimate of drug-likeness (QED) is 0.235. The number of fused-ring (bicyclic) bond motifs is 1. The highest BCUT2D eigenvalue weighted by molar-refractivity contribution is 7.89. The maximum absolute atomic E-state index is 13.7. The standard InChI is InChI=1S/C27H28ClN3O5S2/c1-35-16-14-30(15-17-36-2)38(33,34)23-11-8-21(9-12-23)26(32)31(19-20-6-4-3-5-7-20)27-29-24-13-10-22(28)18-25(24)37-27/h3-13,18H,14-17,19H2,1-2H3. The molecule has 200 valence electrons. The molecule has 0 bridgehead atoms.